The van der Waals surface area contributed by atoms with E-state index in [1.54, 1.807) is 0 Å². The van der Waals surface area contributed by atoms with Crippen molar-refractivity contribution in [1.29, 1.82) is 0 Å². The van der Waals surface area contributed by atoms with E-state index < -0.39 is 10.8 Å². The van der Waals surface area contributed by atoms with Gasteiger partial charge in [-0.15, -0.1) is 0 Å². The number of rotatable bonds is 2. The molecule has 2 heterocycles. The number of allylic oxidation sites excluding steroid dienone is 2. The number of fused-ring (bicyclic) bond motifs is 1. The van der Waals surface area contributed by atoms with Crippen LogP contribution >= 0.6 is 0 Å². The van der Waals surface area contributed by atoms with E-state index in [9.17, 15) is 14.7 Å². The van der Waals surface area contributed by atoms with Gasteiger partial charge >= 0.3 is 5.97 Å². The fourth-order valence-electron chi connectivity index (χ4n) is 9.12. The van der Waals surface area contributed by atoms with Gasteiger partial charge in [-0.2, -0.15) is 0 Å². The largest absolute Gasteiger partial charge is 0.469 e. The number of carbonyl (C=O) groups is 2. The number of Topliss-reactive ketones (excluding diaryl/α,β-unsaturated/α-hetero) is 1. The SMILES string of the molecule is COC(=O)[C@@H]1C[C@@]23C(=O)[C@@H]4C[C@H]5N(C[C@@H](CCC6=C2[C@@H]1CC6)[C@]53CO)C[C@H]4C. The minimum atomic E-state index is -0.630. The second-order valence-electron chi connectivity index (χ2n) is 10.5. The molecule has 2 aliphatic heterocycles. The van der Waals surface area contributed by atoms with Gasteiger partial charge in [0.1, 0.15) is 5.78 Å². The molecule has 5 heteroatoms. The summed E-state index contributed by atoms with van der Waals surface area (Å²) in [5, 5.41) is 11.0. The third-order valence-corrected chi connectivity index (χ3v) is 10.00. The number of esters is 1. The predicted molar refractivity (Wildman–Crippen MR) is 102 cm³/mol. The van der Waals surface area contributed by atoms with Crippen LogP contribution in [0.15, 0.2) is 11.1 Å². The van der Waals surface area contributed by atoms with Gasteiger partial charge in [-0.05, 0) is 56.3 Å². The molecule has 6 rings (SSSR count). The van der Waals surface area contributed by atoms with E-state index >= 15 is 0 Å². The average Bonchev–Trinajstić information content (AvgIpc) is 3.33. The Morgan fingerprint density at radius 1 is 1.25 bits per heavy atom. The minimum absolute atomic E-state index is 0.0725. The lowest BCUT2D eigenvalue weighted by Crippen LogP contribution is -2.67. The van der Waals surface area contributed by atoms with Crippen LogP contribution < -0.4 is 0 Å². The first-order valence-corrected chi connectivity index (χ1v) is 11.2. The Morgan fingerprint density at radius 2 is 2.04 bits per heavy atom. The summed E-state index contributed by atoms with van der Waals surface area (Å²) < 4.78 is 5.21. The molecule has 2 saturated heterocycles. The van der Waals surface area contributed by atoms with Crippen molar-refractivity contribution in [2.75, 3.05) is 26.8 Å². The Bertz CT molecular complexity index is 804. The Balaban J connectivity index is 1.64. The van der Waals surface area contributed by atoms with Gasteiger partial charge < -0.3 is 9.84 Å². The Morgan fingerprint density at radius 3 is 2.79 bits per heavy atom. The lowest BCUT2D eigenvalue weighted by molar-refractivity contribution is -0.166. The molecule has 0 aromatic carbocycles. The van der Waals surface area contributed by atoms with Gasteiger partial charge in [0.25, 0.3) is 0 Å². The third kappa shape index (κ3) is 1.67. The van der Waals surface area contributed by atoms with E-state index in [0.717, 1.165) is 45.2 Å². The van der Waals surface area contributed by atoms with Crippen LogP contribution in [0.3, 0.4) is 0 Å². The van der Waals surface area contributed by atoms with Gasteiger partial charge in [0.2, 0.25) is 0 Å². The zero-order valence-electron chi connectivity index (χ0n) is 16.9. The van der Waals surface area contributed by atoms with E-state index in [1.807, 2.05) is 0 Å². The van der Waals surface area contributed by atoms with Gasteiger partial charge in [-0.1, -0.05) is 18.1 Å². The van der Waals surface area contributed by atoms with E-state index in [1.165, 1.54) is 18.3 Å². The molecule has 8 atom stereocenters. The number of hydrogen-bond acceptors (Lipinski definition) is 5. The molecule has 0 radical (unpaired) electrons. The van der Waals surface area contributed by atoms with E-state index in [4.69, 9.17) is 4.74 Å². The summed E-state index contributed by atoms with van der Waals surface area (Å²) in [6, 6.07) is 0.283. The average molecular weight is 386 g/mol. The quantitative estimate of drug-likeness (QED) is 0.583. The number of piperidine rings is 1. The summed E-state index contributed by atoms with van der Waals surface area (Å²) in [5.41, 5.74) is 1.72. The topological polar surface area (TPSA) is 66.8 Å². The van der Waals surface area contributed by atoms with Crippen molar-refractivity contribution in [3.8, 4) is 0 Å². The fraction of sp³-hybridized carbons (Fsp3) is 0.826. The summed E-state index contributed by atoms with van der Waals surface area (Å²) >= 11 is 0. The molecule has 5 nitrogen and oxygen atoms in total. The smallest absolute Gasteiger partial charge is 0.309 e. The zero-order valence-corrected chi connectivity index (χ0v) is 16.9. The van der Waals surface area contributed by atoms with Crippen molar-refractivity contribution in [3.05, 3.63) is 11.1 Å². The zero-order chi connectivity index (χ0) is 19.4. The lowest BCUT2D eigenvalue weighted by Gasteiger charge is -2.60. The highest BCUT2D eigenvalue weighted by atomic mass is 16.5. The summed E-state index contributed by atoms with van der Waals surface area (Å²) in [6.45, 7) is 4.28. The summed E-state index contributed by atoms with van der Waals surface area (Å²) in [5.74, 6) is 0.923. The molecule has 28 heavy (non-hydrogen) atoms. The maximum atomic E-state index is 14.3. The Labute approximate surface area is 166 Å². The van der Waals surface area contributed by atoms with Crippen LogP contribution in [0.1, 0.15) is 45.4 Å². The van der Waals surface area contributed by atoms with Crippen LogP contribution in [0.5, 0.6) is 0 Å². The van der Waals surface area contributed by atoms with Gasteiger partial charge in [0.05, 0.1) is 25.0 Å². The molecule has 4 aliphatic carbocycles. The molecule has 0 aromatic rings. The van der Waals surface area contributed by atoms with E-state index in [2.05, 4.69) is 11.8 Å². The summed E-state index contributed by atoms with van der Waals surface area (Å²) in [7, 11) is 1.47. The van der Waals surface area contributed by atoms with Gasteiger partial charge in [-0.3, -0.25) is 14.5 Å². The second-order valence-corrected chi connectivity index (χ2v) is 10.5. The van der Waals surface area contributed by atoms with Gasteiger partial charge in [0.15, 0.2) is 0 Å². The van der Waals surface area contributed by atoms with Crippen LogP contribution in [0.25, 0.3) is 0 Å². The number of aliphatic hydroxyl groups is 1. The number of ketones is 1. The first kappa shape index (κ1) is 17.6. The highest BCUT2D eigenvalue weighted by molar-refractivity contribution is 5.95. The number of methoxy groups -OCH3 is 1. The van der Waals surface area contributed by atoms with Crippen LogP contribution in [0.2, 0.25) is 0 Å². The molecule has 152 valence electrons. The van der Waals surface area contributed by atoms with Crippen LogP contribution in [-0.4, -0.2) is 54.6 Å². The molecule has 0 aromatic heterocycles. The highest BCUT2D eigenvalue weighted by Crippen LogP contribution is 2.74. The molecule has 1 spiro atoms. The van der Waals surface area contributed by atoms with Crippen molar-refractivity contribution in [1.82, 2.24) is 4.90 Å². The fourth-order valence-corrected chi connectivity index (χ4v) is 9.12. The standard InChI is InChI=1S/C23H31NO4/c1-12-9-24-10-14-5-3-13-4-6-15-17(21(27)28-2)8-22(19(13)15)20(26)16(12)7-18(24)23(14,22)11-25/h12,14-18,25H,3-11H2,1-2H3/t12-,14-,15-,16-,17-,18-,22+,23-/m1/s1. The number of aliphatic hydroxyl groups excluding tert-OH is 1. The summed E-state index contributed by atoms with van der Waals surface area (Å²) in [6.07, 6.45) is 5.59. The lowest BCUT2D eigenvalue weighted by atomic mass is 9.45. The molecular weight excluding hydrogens is 354 g/mol. The highest BCUT2D eigenvalue weighted by Gasteiger charge is 2.77. The maximum absolute atomic E-state index is 14.3. The van der Waals surface area contributed by atoms with E-state index in [0.29, 0.717) is 24.0 Å². The molecule has 2 bridgehead atoms. The van der Waals surface area contributed by atoms with Gasteiger partial charge in [-0.25, -0.2) is 0 Å². The molecular formula is C23H31NO4. The van der Waals surface area contributed by atoms with Crippen LogP contribution in [0, 0.1) is 40.4 Å². The number of nitrogens with zero attached hydrogens (tertiary/aromatic N) is 1. The first-order chi connectivity index (χ1) is 13.5. The van der Waals surface area contributed by atoms with Crippen LogP contribution in [0.4, 0.5) is 0 Å². The minimum Gasteiger partial charge on any atom is -0.469 e. The Kier molecular flexibility index (Phi) is 3.45. The Hall–Kier alpha value is -1.20. The van der Waals surface area contributed by atoms with Crippen molar-refractivity contribution in [2.45, 2.75) is 51.5 Å². The van der Waals surface area contributed by atoms with Crippen molar-refractivity contribution in [3.63, 3.8) is 0 Å². The van der Waals surface area contributed by atoms with Crippen LogP contribution in [-0.2, 0) is 14.3 Å². The first-order valence-electron chi connectivity index (χ1n) is 11.2. The van der Waals surface area contributed by atoms with Gasteiger partial charge in [0, 0.05) is 30.5 Å². The number of hydrogen-bond donors (Lipinski definition) is 1. The molecule has 2 saturated carbocycles. The van der Waals surface area contributed by atoms with Crippen molar-refractivity contribution in [2.24, 2.45) is 40.4 Å². The molecule has 0 unspecified atom stereocenters. The predicted octanol–water partition coefficient (Wildman–Crippen LogP) is 2.18. The second kappa shape index (κ2) is 5.48. The summed E-state index contributed by atoms with van der Waals surface area (Å²) in [4.78, 5) is 29.7. The number of carbonyl (C=O) groups excluding carboxylic acids is 2. The van der Waals surface area contributed by atoms with Crippen molar-refractivity contribution >= 4 is 11.8 Å². The maximum Gasteiger partial charge on any atom is 0.309 e. The molecule has 6 aliphatic rings. The monoisotopic (exact) mass is 385 g/mol. The van der Waals surface area contributed by atoms with Crippen molar-refractivity contribution < 1.29 is 19.4 Å². The normalized spacial score (nSPS) is 51.3. The van der Waals surface area contributed by atoms with E-state index in [-0.39, 0.29) is 36.4 Å². The molecule has 1 N–H and O–H groups in total. The number of ether oxygens (including phenoxy) is 1. The molecule has 4 fully saturated rings. The molecule has 0 amide bonds. The third-order valence-electron chi connectivity index (χ3n) is 10.00.